The molecule has 10 heteroatoms. The van der Waals surface area contributed by atoms with Crippen LogP contribution in [0.2, 0.25) is 0 Å². The van der Waals surface area contributed by atoms with Gasteiger partial charge in [-0.1, -0.05) is 19.1 Å². The number of aryl methyl sites for hydroxylation is 1. The van der Waals surface area contributed by atoms with Crippen molar-refractivity contribution in [3.05, 3.63) is 72.3 Å². The van der Waals surface area contributed by atoms with E-state index in [-0.39, 0.29) is 17.3 Å². The van der Waals surface area contributed by atoms with E-state index < -0.39 is 27.3 Å². The maximum absolute atomic E-state index is 15.1. The normalized spacial score (nSPS) is 11.5. The van der Waals surface area contributed by atoms with Crippen molar-refractivity contribution >= 4 is 38.1 Å². The summed E-state index contributed by atoms with van der Waals surface area (Å²) in [5.41, 5.74) is 2.27. The number of hydrogen-bond acceptors (Lipinski definition) is 6. The third-order valence-corrected chi connectivity index (χ3v) is 6.43. The van der Waals surface area contributed by atoms with Crippen molar-refractivity contribution in [3.63, 3.8) is 0 Å². The fourth-order valence-corrected chi connectivity index (χ4v) is 4.46. The Morgan fingerprint density at radius 1 is 0.970 bits per heavy atom. The summed E-state index contributed by atoms with van der Waals surface area (Å²) < 4.78 is 55.9. The Kier molecular flexibility index (Phi) is 6.19. The summed E-state index contributed by atoms with van der Waals surface area (Å²) >= 11 is 0. The van der Waals surface area contributed by atoms with Gasteiger partial charge in [-0.05, 0) is 49.2 Å². The Hall–Kier alpha value is -3.66. The molecular weight excluding hydrogens is 448 g/mol. The number of rotatable bonds is 7. The Labute approximate surface area is 190 Å². The summed E-state index contributed by atoms with van der Waals surface area (Å²) in [5.74, 6) is -1.97. The van der Waals surface area contributed by atoms with E-state index in [0.29, 0.717) is 17.3 Å². The predicted octanol–water partition coefficient (Wildman–Crippen LogP) is 5.17. The van der Waals surface area contributed by atoms with E-state index in [1.165, 1.54) is 6.33 Å². The van der Waals surface area contributed by atoms with Crippen molar-refractivity contribution in [1.82, 2.24) is 15.0 Å². The number of hydrogen-bond donors (Lipinski definition) is 2. The van der Waals surface area contributed by atoms with Crippen molar-refractivity contribution in [2.24, 2.45) is 0 Å². The van der Waals surface area contributed by atoms with Gasteiger partial charge in [-0.25, -0.2) is 27.2 Å². The molecule has 0 saturated heterocycles. The van der Waals surface area contributed by atoms with Gasteiger partial charge in [0.15, 0.2) is 5.82 Å². The third-order valence-electron chi connectivity index (χ3n) is 4.95. The second kappa shape index (κ2) is 9.07. The van der Waals surface area contributed by atoms with Gasteiger partial charge in [0.1, 0.15) is 23.6 Å². The lowest BCUT2D eigenvalue weighted by Gasteiger charge is -2.14. The molecule has 0 unspecified atom stereocenters. The van der Waals surface area contributed by atoms with Gasteiger partial charge in [-0.2, -0.15) is 0 Å². The highest BCUT2D eigenvalue weighted by atomic mass is 32.2. The van der Waals surface area contributed by atoms with Crippen LogP contribution in [0.4, 0.5) is 26.0 Å². The lowest BCUT2D eigenvalue weighted by atomic mass is 10.0. The number of benzene rings is 2. The van der Waals surface area contributed by atoms with E-state index in [9.17, 15) is 12.8 Å². The van der Waals surface area contributed by atoms with Crippen molar-refractivity contribution < 1.29 is 17.2 Å². The molecule has 0 saturated carbocycles. The first-order valence-electron chi connectivity index (χ1n) is 10.2. The van der Waals surface area contributed by atoms with Gasteiger partial charge in [0.2, 0.25) is 10.0 Å². The van der Waals surface area contributed by atoms with Gasteiger partial charge in [-0.15, -0.1) is 0 Å². The van der Waals surface area contributed by atoms with Crippen LogP contribution in [-0.2, 0) is 10.0 Å². The van der Waals surface area contributed by atoms with Crippen molar-refractivity contribution in [2.45, 2.75) is 20.3 Å². The lowest BCUT2D eigenvalue weighted by Crippen LogP contribution is -2.17. The van der Waals surface area contributed by atoms with E-state index >= 15 is 4.39 Å². The zero-order chi connectivity index (χ0) is 23.6. The molecule has 170 valence electrons. The predicted molar refractivity (Wildman–Crippen MR) is 125 cm³/mol. The molecular formula is C23H21F2N5O2S. The molecule has 0 aliphatic heterocycles. The molecule has 2 heterocycles. The number of pyridine rings is 1. The van der Waals surface area contributed by atoms with Crippen LogP contribution in [0, 0.1) is 18.6 Å². The minimum atomic E-state index is -3.76. The lowest BCUT2D eigenvalue weighted by molar-refractivity contribution is 0.588. The van der Waals surface area contributed by atoms with E-state index in [1.54, 1.807) is 25.3 Å². The minimum Gasteiger partial charge on any atom is -0.335 e. The van der Waals surface area contributed by atoms with Crippen LogP contribution < -0.4 is 10.0 Å². The van der Waals surface area contributed by atoms with Gasteiger partial charge >= 0.3 is 0 Å². The first-order valence-corrected chi connectivity index (χ1v) is 11.9. The Morgan fingerprint density at radius 2 is 1.76 bits per heavy atom. The standard InChI is InChI=1S/C23H21F2N5O2S/c1-3-10-33(31,32)30-20-9-7-18(24)22(21(20)25)29-23-17-11-15(6-8-19(17)27-13-28-23)16-5-4-14(2)26-12-16/h4-9,11-13,30H,3,10H2,1-2H3,(H,27,28,29). The average molecular weight is 470 g/mol. The Bertz CT molecular complexity index is 1430. The van der Waals surface area contributed by atoms with Gasteiger partial charge < -0.3 is 5.32 Å². The molecule has 2 aromatic carbocycles. The molecule has 2 N–H and O–H groups in total. The molecule has 0 aliphatic rings. The molecule has 33 heavy (non-hydrogen) atoms. The van der Waals surface area contributed by atoms with Crippen LogP contribution in [0.3, 0.4) is 0 Å². The highest BCUT2D eigenvalue weighted by Gasteiger charge is 2.19. The molecule has 0 spiro atoms. The fraction of sp³-hybridized carbons (Fsp3) is 0.174. The number of nitrogens with zero attached hydrogens (tertiary/aromatic N) is 3. The minimum absolute atomic E-state index is 0.174. The van der Waals surface area contributed by atoms with Gasteiger partial charge in [0, 0.05) is 22.8 Å². The maximum atomic E-state index is 15.1. The SMILES string of the molecule is CCCS(=O)(=O)Nc1ccc(F)c(Nc2ncnc3ccc(-c4ccc(C)nc4)cc23)c1F. The highest BCUT2D eigenvalue weighted by molar-refractivity contribution is 7.92. The summed E-state index contributed by atoms with van der Waals surface area (Å²) in [4.78, 5) is 12.7. The molecule has 0 amide bonds. The number of aromatic nitrogens is 3. The summed E-state index contributed by atoms with van der Waals surface area (Å²) in [5, 5.41) is 3.21. The van der Waals surface area contributed by atoms with Crippen molar-refractivity contribution in [1.29, 1.82) is 0 Å². The van der Waals surface area contributed by atoms with Crippen LogP contribution >= 0.6 is 0 Å². The summed E-state index contributed by atoms with van der Waals surface area (Å²) in [6.07, 6.45) is 3.37. The molecule has 0 atom stereocenters. The second-order valence-corrected chi connectivity index (χ2v) is 9.31. The van der Waals surface area contributed by atoms with E-state index in [2.05, 4.69) is 25.0 Å². The summed E-state index contributed by atoms with van der Waals surface area (Å²) in [6, 6.07) is 11.3. The van der Waals surface area contributed by atoms with Crippen LogP contribution in [-0.4, -0.2) is 29.1 Å². The largest absolute Gasteiger partial charge is 0.335 e. The molecule has 7 nitrogen and oxygen atoms in total. The molecule has 0 aliphatic carbocycles. The quantitative estimate of drug-likeness (QED) is 0.387. The van der Waals surface area contributed by atoms with Crippen LogP contribution in [0.25, 0.3) is 22.0 Å². The average Bonchev–Trinajstić information content (AvgIpc) is 2.79. The number of sulfonamides is 1. The van der Waals surface area contributed by atoms with Gasteiger partial charge in [0.05, 0.1) is 17.0 Å². The first-order chi connectivity index (χ1) is 15.8. The number of anilines is 3. The first kappa shape index (κ1) is 22.5. The molecule has 4 rings (SSSR count). The molecule has 0 radical (unpaired) electrons. The zero-order valence-corrected chi connectivity index (χ0v) is 18.7. The molecule has 4 aromatic rings. The Morgan fingerprint density at radius 3 is 2.48 bits per heavy atom. The van der Waals surface area contributed by atoms with Crippen LogP contribution in [0.1, 0.15) is 19.0 Å². The Balaban J connectivity index is 1.75. The maximum Gasteiger partial charge on any atom is 0.232 e. The second-order valence-electron chi connectivity index (χ2n) is 7.47. The highest BCUT2D eigenvalue weighted by Crippen LogP contribution is 2.32. The van der Waals surface area contributed by atoms with Crippen molar-refractivity contribution in [3.8, 4) is 11.1 Å². The topological polar surface area (TPSA) is 96.9 Å². The van der Waals surface area contributed by atoms with Crippen LogP contribution in [0.5, 0.6) is 0 Å². The monoisotopic (exact) mass is 469 g/mol. The number of fused-ring (bicyclic) bond motifs is 1. The van der Waals surface area contributed by atoms with E-state index in [0.717, 1.165) is 29.0 Å². The summed E-state index contributed by atoms with van der Waals surface area (Å²) in [6.45, 7) is 3.58. The molecule has 0 fully saturated rings. The van der Waals surface area contributed by atoms with Gasteiger partial charge in [-0.3, -0.25) is 9.71 Å². The summed E-state index contributed by atoms with van der Waals surface area (Å²) in [7, 11) is -3.76. The third kappa shape index (κ3) is 4.90. The number of nitrogens with one attached hydrogen (secondary N) is 2. The smallest absolute Gasteiger partial charge is 0.232 e. The van der Waals surface area contributed by atoms with E-state index in [4.69, 9.17) is 0 Å². The van der Waals surface area contributed by atoms with Gasteiger partial charge in [0.25, 0.3) is 0 Å². The van der Waals surface area contributed by atoms with Crippen LogP contribution in [0.15, 0.2) is 55.0 Å². The fourth-order valence-electron chi connectivity index (χ4n) is 3.33. The number of halogens is 2. The van der Waals surface area contributed by atoms with E-state index in [1.807, 2.05) is 25.1 Å². The van der Waals surface area contributed by atoms with Crippen molar-refractivity contribution in [2.75, 3.05) is 15.8 Å². The zero-order valence-electron chi connectivity index (χ0n) is 17.9. The molecule has 2 aromatic heterocycles. The molecule has 0 bridgehead atoms.